The van der Waals surface area contributed by atoms with Crippen LogP contribution in [0.5, 0.6) is 0 Å². The summed E-state index contributed by atoms with van der Waals surface area (Å²) < 4.78 is 0. The molecule has 4 unspecified atom stereocenters. The molecule has 0 aliphatic heterocycles. The molecule has 17 heavy (non-hydrogen) atoms. The quantitative estimate of drug-likeness (QED) is 0.801. The Labute approximate surface area is 105 Å². The molecule has 2 aliphatic carbocycles. The highest BCUT2D eigenvalue weighted by Gasteiger charge is 2.41. The van der Waals surface area contributed by atoms with E-state index in [0.29, 0.717) is 17.6 Å². The molecule has 2 N–H and O–H groups in total. The van der Waals surface area contributed by atoms with Gasteiger partial charge >= 0.3 is 0 Å². The zero-order valence-electron chi connectivity index (χ0n) is 11.4. The maximum absolute atomic E-state index is 12.6. The molecule has 0 amide bonds. The van der Waals surface area contributed by atoms with Crippen LogP contribution in [0.3, 0.4) is 0 Å². The van der Waals surface area contributed by atoms with Crippen molar-refractivity contribution in [3.63, 3.8) is 0 Å². The van der Waals surface area contributed by atoms with E-state index in [2.05, 4.69) is 13.8 Å². The highest BCUT2D eigenvalue weighted by atomic mass is 16.1. The third-order valence-corrected chi connectivity index (χ3v) is 4.83. The summed E-state index contributed by atoms with van der Waals surface area (Å²) in [5.74, 6) is 1.98. The second kappa shape index (κ2) is 5.09. The number of carbonyl (C=O) groups is 1. The van der Waals surface area contributed by atoms with Crippen molar-refractivity contribution in [2.24, 2.45) is 23.5 Å². The van der Waals surface area contributed by atoms with E-state index in [0.717, 1.165) is 32.1 Å². The Morgan fingerprint density at radius 1 is 1.12 bits per heavy atom. The molecular formula is C15H27NO. The smallest absolute Gasteiger partial charge is 0.155 e. The highest BCUT2D eigenvalue weighted by Crippen LogP contribution is 2.37. The number of carbonyl (C=O) groups excluding carboxylic acids is 1. The monoisotopic (exact) mass is 237 g/mol. The zero-order chi connectivity index (χ0) is 12.5. The predicted octanol–water partition coefficient (Wildman–Crippen LogP) is 3.29. The maximum Gasteiger partial charge on any atom is 0.155 e. The molecule has 0 radical (unpaired) electrons. The minimum absolute atomic E-state index is 0.258. The molecule has 98 valence electrons. The van der Waals surface area contributed by atoms with Gasteiger partial charge in [0.05, 0.1) is 5.54 Å². The van der Waals surface area contributed by atoms with Gasteiger partial charge in [-0.2, -0.15) is 0 Å². The van der Waals surface area contributed by atoms with Gasteiger partial charge in [-0.05, 0) is 37.5 Å². The van der Waals surface area contributed by atoms with Crippen LogP contribution in [0.1, 0.15) is 65.2 Å². The lowest BCUT2D eigenvalue weighted by molar-refractivity contribution is -0.131. The van der Waals surface area contributed by atoms with Crippen LogP contribution in [-0.4, -0.2) is 11.3 Å². The van der Waals surface area contributed by atoms with Crippen LogP contribution in [0, 0.1) is 17.8 Å². The molecule has 4 atom stereocenters. The molecule has 0 aromatic carbocycles. The molecule has 0 aromatic rings. The Hall–Kier alpha value is -0.370. The summed E-state index contributed by atoms with van der Waals surface area (Å²) in [6.07, 6.45) is 8.86. The lowest BCUT2D eigenvalue weighted by Crippen LogP contribution is -2.54. The van der Waals surface area contributed by atoms with Gasteiger partial charge in [0, 0.05) is 5.92 Å². The molecule has 0 heterocycles. The standard InChI is InChI=1S/C15H27NO/c1-11-5-3-7-13(9-11)14(17)15(16)8-4-6-12(2)10-15/h11-13H,3-10,16H2,1-2H3. The largest absolute Gasteiger partial charge is 0.319 e. The summed E-state index contributed by atoms with van der Waals surface area (Å²) in [7, 11) is 0. The van der Waals surface area contributed by atoms with Crippen molar-refractivity contribution in [2.75, 3.05) is 0 Å². The third-order valence-electron chi connectivity index (χ3n) is 4.83. The summed E-state index contributed by atoms with van der Waals surface area (Å²) in [6.45, 7) is 4.50. The maximum atomic E-state index is 12.6. The predicted molar refractivity (Wildman–Crippen MR) is 70.7 cm³/mol. The minimum Gasteiger partial charge on any atom is -0.319 e. The number of nitrogens with two attached hydrogens (primary N) is 1. The molecule has 0 spiro atoms. The molecule has 0 bridgehead atoms. The van der Waals surface area contributed by atoms with Gasteiger partial charge in [0.1, 0.15) is 0 Å². The van der Waals surface area contributed by atoms with Crippen molar-refractivity contribution in [2.45, 2.75) is 70.8 Å². The molecule has 0 aromatic heterocycles. The Bertz CT molecular complexity index is 289. The van der Waals surface area contributed by atoms with E-state index < -0.39 is 5.54 Å². The van der Waals surface area contributed by atoms with Crippen LogP contribution in [0.2, 0.25) is 0 Å². The van der Waals surface area contributed by atoms with Gasteiger partial charge in [-0.1, -0.05) is 39.5 Å². The van der Waals surface area contributed by atoms with Crippen LogP contribution < -0.4 is 5.73 Å². The second-order valence-corrected chi connectivity index (χ2v) is 6.69. The minimum atomic E-state index is -0.487. The van der Waals surface area contributed by atoms with Gasteiger partial charge < -0.3 is 5.73 Å². The van der Waals surface area contributed by atoms with E-state index in [1.54, 1.807) is 0 Å². The summed E-state index contributed by atoms with van der Waals surface area (Å²) in [4.78, 5) is 12.6. The first-order chi connectivity index (χ1) is 8.01. The molecular weight excluding hydrogens is 210 g/mol. The van der Waals surface area contributed by atoms with Crippen molar-refractivity contribution in [1.29, 1.82) is 0 Å². The van der Waals surface area contributed by atoms with E-state index in [-0.39, 0.29) is 5.92 Å². The fraction of sp³-hybridized carbons (Fsp3) is 0.933. The van der Waals surface area contributed by atoms with Crippen molar-refractivity contribution in [3.05, 3.63) is 0 Å². The Balaban J connectivity index is 2.02. The Kier molecular flexibility index (Phi) is 3.92. The van der Waals surface area contributed by atoms with E-state index in [9.17, 15) is 4.79 Å². The Morgan fingerprint density at radius 3 is 2.47 bits per heavy atom. The fourth-order valence-corrected chi connectivity index (χ4v) is 3.89. The topological polar surface area (TPSA) is 43.1 Å². The van der Waals surface area contributed by atoms with Gasteiger partial charge in [-0.15, -0.1) is 0 Å². The first-order valence-corrected chi connectivity index (χ1v) is 7.34. The SMILES string of the molecule is CC1CCCC(C(=O)C2(N)CCCC(C)C2)C1. The van der Waals surface area contributed by atoms with E-state index in [4.69, 9.17) is 5.73 Å². The zero-order valence-corrected chi connectivity index (χ0v) is 11.4. The van der Waals surface area contributed by atoms with Crippen molar-refractivity contribution in [1.82, 2.24) is 0 Å². The number of Topliss-reactive ketones (excluding diaryl/α,β-unsaturated/α-hetero) is 1. The molecule has 0 saturated heterocycles. The van der Waals surface area contributed by atoms with Crippen molar-refractivity contribution < 1.29 is 4.79 Å². The van der Waals surface area contributed by atoms with Crippen molar-refractivity contribution in [3.8, 4) is 0 Å². The van der Waals surface area contributed by atoms with Crippen molar-refractivity contribution >= 4 is 5.78 Å². The number of rotatable bonds is 2. The Morgan fingerprint density at radius 2 is 1.82 bits per heavy atom. The van der Waals surface area contributed by atoms with Crippen LogP contribution in [-0.2, 0) is 4.79 Å². The van der Waals surface area contributed by atoms with E-state index >= 15 is 0 Å². The van der Waals surface area contributed by atoms with E-state index in [1.165, 1.54) is 19.3 Å². The van der Waals surface area contributed by atoms with Crippen LogP contribution in [0.4, 0.5) is 0 Å². The number of hydrogen-bond donors (Lipinski definition) is 1. The summed E-state index contributed by atoms with van der Waals surface area (Å²) in [5, 5.41) is 0. The summed E-state index contributed by atoms with van der Waals surface area (Å²) in [5.41, 5.74) is 5.93. The lowest BCUT2D eigenvalue weighted by Gasteiger charge is -2.39. The highest BCUT2D eigenvalue weighted by molar-refractivity contribution is 5.90. The fourth-order valence-electron chi connectivity index (χ4n) is 3.89. The summed E-state index contributed by atoms with van der Waals surface area (Å²) in [6, 6.07) is 0. The summed E-state index contributed by atoms with van der Waals surface area (Å²) >= 11 is 0. The first kappa shape index (κ1) is 13.1. The molecule has 2 rings (SSSR count). The lowest BCUT2D eigenvalue weighted by atomic mass is 9.68. The first-order valence-electron chi connectivity index (χ1n) is 7.34. The second-order valence-electron chi connectivity index (χ2n) is 6.69. The normalized spacial score (nSPS) is 43.4. The molecule has 2 fully saturated rings. The third kappa shape index (κ3) is 2.90. The molecule has 2 saturated carbocycles. The average molecular weight is 237 g/mol. The molecule has 2 aliphatic rings. The molecule has 2 nitrogen and oxygen atoms in total. The van der Waals surface area contributed by atoms with Crippen LogP contribution in [0.25, 0.3) is 0 Å². The number of hydrogen-bond acceptors (Lipinski definition) is 2. The number of ketones is 1. The average Bonchev–Trinajstić information content (AvgIpc) is 2.27. The van der Waals surface area contributed by atoms with E-state index in [1.807, 2.05) is 0 Å². The van der Waals surface area contributed by atoms with Gasteiger partial charge in [0.2, 0.25) is 0 Å². The van der Waals surface area contributed by atoms with Crippen LogP contribution in [0.15, 0.2) is 0 Å². The van der Waals surface area contributed by atoms with Gasteiger partial charge in [0.25, 0.3) is 0 Å². The molecule has 2 heteroatoms. The van der Waals surface area contributed by atoms with Gasteiger partial charge in [-0.3, -0.25) is 4.79 Å². The van der Waals surface area contributed by atoms with Gasteiger partial charge in [-0.25, -0.2) is 0 Å². The van der Waals surface area contributed by atoms with Crippen LogP contribution >= 0.6 is 0 Å². The van der Waals surface area contributed by atoms with Gasteiger partial charge in [0.15, 0.2) is 5.78 Å².